The zero-order chi connectivity index (χ0) is 15.6. The van der Waals surface area contributed by atoms with Crippen LogP contribution < -0.4 is 15.8 Å². The molecule has 0 atom stereocenters. The number of hydrogen-bond donors (Lipinski definition) is 3. The summed E-state index contributed by atoms with van der Waals surface area (Å²) in [4.78, 5) is 12.2. The van der Waals surface area contributed by atoms with Crippen LogP contribution >= 0.6 is 0 Å². The van der Waals surface area contributed by atoms with Crippen LogP contribution in [0.25, 0.3) is 0 Å². The monoisotopic (exact) mass is 292 g/mol. The molecule has 0 saturated heterocycles. The maximum atomic E-state index is 13.1. The van der Waals surface area contributed by atoms with E-state index >= 15 is 0 Å². The quantitative estimate of drug-likeness (QED) is 0.807. The lowest BCUT2D eigenvalue weighted by Gasteiger charge is -2.09. The van der Waals surface area contributed by atoms with Gasteiger partial charge in [0.2, 0.25) is 0 Å². The number of methoxy groups -OCH3 is 1. The fourth-order valence-corrected chi connectivity index (χ4v) is 1.93. The minimum Gasteiger partial charge on any atom is -0.494 e. The highest BCUT2D eigenvalue weighted by Crippen LogP contribution is 2.27. The lowest BCUT2D eigenvalue weighted by molar-refractivity contribution is 0.102. The van der Waals surface area contributed by atoms with Gasteiger partial charge in [0.1, 0.15) is 11.6 Å². The number of nitrogens with zero attached hydrogens (tertiary/aromatic N) is 1. The van der Waals surface area contributed by atoms with Gasteiger partial charge in [-0.3, -0.25) is 9.89 Å². The summed E-state index contributed by atoms with van der Waals surface area (Å²) in [5.41, 5.74) is 7.36. The minimum atomic E-state index is -0.486. The van der Waals surface area contributed by atoms with E-state index in [0.717, 1.165) is 0 Å². The molecule has 112 valence electrons. The van der Waals surface area contributed by atoms with Crippen LogP contribution in [-0.4, -0.2) is 23.2 Å². The SMILES string of the molecule is COc1cc(F)ccc1NC(=O)c1n[nH]c(C(C)C)c1N. The first-order chi connectivity index (χ1) is 9.93. The van der Waals surface area contributed by atoms with Crippen molar-refractivity contribution in [2.75, 3.05) is 18.2 Å². The highest BCUT2D eigenvalue weighted by Gasteiger charge is 2.20. The first kappa shape index (κ1) is 14.8. The molecule has 4 N–H and O–H groups in total. The lowest BCUT2D eigenvalue weighted by atomic mass is 10.1. The Morgan fingerprint density at radius 3 is 2.76 bits per heavy atom. The van der Waals surface area contributed by atoms with Crippen LogP contribution in [0.2, 0.25) is 0 Å². The highest BCUT2D eigenvalue weighted by molar-refractivity contribution is 6.07. The van der Waals surface area contributed by atoms with Crippen LogP contribution in [0.15, 0.2) is 18.2 Å². The third kappa shape index (κ3) is 2.96. The van der Waals surface area contributed by atoms with Crippen LogP contribution in [0, 0.1) is 5.82 Å². The Morgan fingerprint density at radius 1 is 1.48 bits per heavy atom. The van der Waals surface area contributed by atoms with Crippen molar-refractivity contribution in [2.24, 2.45) is 0 Å². The van der Waals surface area contributed by atoms with Gasteiger partial charge in [-0.15, -0.1) is 0 Å². The van der Waals surface area contributed by atoms with Crippen molar-refractivity contribution < 1.29 is 13.9 Å². The second-order valence-corrected chi connectivity index (χ2v) is 4.85. The van der Waals surface area contributed by atoms with E-state index in [0.29, 0.717) is 17.1 Å². The van der Waals surface area contributed by atoms with Gasteiger partial charge in [0.05, 0.1) is 24.2 Å². The van der Waals surface area contributed by atoms with Crippen LogP contribution in [-0.2, 0) is 0 Å². The summed E-state index contributed by atoms with van der Waals surface area (Å²) in [6.07, 6.45) is 0. The minimum absolute atomic E-state index is 0.102. The number of halogens is 1. The number of aromatic nitrogens is 2. The number of ether oxygens (including phenoxy) is 1. The fourth-order valence-electron chi connectivity index (χ4n) is 1.93. The number of carbonyl (C=O) groups is 1. The van der Waals surface area contributed by atoms with Gasteiger partial charge in [-0.05, 0) is 18.1 Å². The number of aromatic amines is 1. The smallest absolute Gasteiger partial charge is 0.278 e. The maximum Gasteiger partial charge on any atom is 0.278 e. The standard InChI is InChI=1S/C14H17FN4O2/c1-7(2)12-11(16)13(19-18-12)14(20)17-9-5-4-8(15)6-10(9)21-3/h4-7H,16H2,1-3H3,(H,17,20)(H,18,19). The van der Waals surface area contributed by atoms with E-state index in [9.17, 15) is 9.18 Å². The summed E-state index contributed by atoms with van der Waals surface area (Å²) >= 11 is 0. The Bertz CT molecular complexity index is 667. The number of hydrogen-bond acceptors (Lipinski definition) is 4. The Balaban J connectivity index is 2.26. The zero-order valence-corrected chi connectivity index (χ0v) is 12.0. The molecule has 2 rings (SSSR count). The largest absolute Gasteiger partial charge is 0.494 e. The van der Waals surface area contributed by atoms with Crippen molar-refractivity contribution in [1.29, 1.82) is 0 Å². The molecule has 1 amide bonds. The molecule has 0 aliphatic heterocycles. The number of benzene rings is 1. The third-order valence-electron chi connectivity index (χ3n) is 3.04. The van der Waals surface area contributed by atoms with E-state index in [1.165, 1.54) is 25.3 Å². The lowest BCUT2D eigenvalue weighted by Crippen LogP contribution is -2.15. The molecule has 0 spiro atoms. The maximum absolute atomic E-state index is 13.1. The van der Waals surface area contributed by atoms with Gasteiger partial charge < -0.3 is 15.8 Å². The molecule has 2 aromatic rings. The summed E-state index contributed by atoms with van der Waals surface area (Å²) in [5, 5.41) is 9.28. The average Bonchev–Trinajstić information content (AvgIpc) is 2.82. The van der Waals surface area contributed by atoms with E-state index in [1.807, 2.05) is 13.8 Å². The zero-order valence-electron chi connectivity index (χ0n) is 12.0. The van der Waals surface area contributed by atoms with Crippen molar-refractivity contribution >= 4 is 17.3 Å². The predicted molar refractivity (Wildman–Crippen MR) is 78.0 cm³/mol. The molecule has 0 aliphatic rings. The molecule has 0 bridgehead atoms. The van der Waals surface area contributed by atoms with Crippen LogP contribution in [0.4, 0.5) is 15.8 Å². The molecule has 0 fully saturated rings. The van der Waals surface area contributed by atoms with Crippen molar-refractivity contribution in [2.45, 2.75) is 19.8 Å². The number of rotatable bonds is 4. The highest BCUT2D eigenvalue weighted by atomic mass is 19.1. The van der Waals surface area contributed by atoms with E-state index in [4.69, 9.17) is 10.5 Å². The number of amides is 1. The fraction of sp³-hybridized carbons (Fsp3) is 0.286. The summed E-state index contributed by atoms with van der Waals surface area (Å²) in [6, 6.07) is 3.83. The molecule has 0 aliphatic carbocycles. The molecular weight excluding hydrogens is 275 g/mol. The van der Waals surface area contributed by atoms with Crippen LogP contribution in [0.5, 0.6) is 5.75 Å². The van der Waals surface area contributed by atoms with Gasteiger partial charge in [0.15, 0.2) is 5.69 Å². The number of nitrogens with one attached hydrogen (secondary N) is 2. The summed E-state index contributed by atoms with van der Waals surface area (Å²) in [5.74, 6) is -0.590. The average molecular weight is 292 g/mol. The predicted octanol–water partition coefficient (Wildman–Crippen LogP) is 2.52. The van der Waals surface area contributed by atoms with E-state index < -0.39 is 11.7 Å². The van der Waals surface area contributed by atoms with Gasteiger partial charge in [-0.1, -0.05) is 13.8 Å². The second-order valence-electron chi connectivity index (χ2n) is 4.85. The molecule has 6 nitrogen and oxygen atoms in total. The Kier molecular flexibility index (Phi) is 4.11. The summed E-state index contributed by atoms with van der Waals surface area (Å²) < 4.78 is 18.1. The Hall–Kier alpha value is -2.57. The van der Waals surface area contributed by atoms with Crippen molar-refractivity contribution in [3.05, 3.63) is 35.4 Å². The number of carbonyl (C=O) groups excluding carboxylic acids is 1. The number of nitrogens with two attached hydrogens (primary N) is 1. The molecule has 7 heteroatoms. The molecular formula is C14H17FN4O2. The van der Waals surface area contributed by atoms with Gasteiger partial charge in [0.25, 0.3) is 5.91 Å². The second kappa shape index (κ2) is 5.82. The molecule has 0 saturated carbocycles. The van der Waals surface area contributed by atoms with Crippen molar-refractivity contribution in [1.82, 2.24) is 10.2 Å². The molecule has 0 radical (unpaired) electrons. The van der Waals surface area contributed by atoms with Crippen molar-refractivity contribution in [3.8, 4) is 5.75 Å². The van der Waals surface area contributed by atoms with Crippen LogP contribution in [0.1, 0.15) is 35.9 Å². The van der Waals surface area contributed by atoms with Gasteiger partial charge in [0, 0.05) is 6.07 Å². The number of anilines is 2. The van der Waals surface area contributed by atoms with E-state index in [1.54, 1.807) is 0 Å². The summed E-state index contributed by atoms with van der Waals surface area (Å²) in [7, 11) is 1.39. The topological polar surface area (TPSA) is 93.0 Å². The van der Waals surface area contributed by atoms with Gasteiger partial charge in [-0.25, -0.2) is 4.39 Å². The molecule has 1 aromatic heterocycles. The first-order valence-electron chi connectivity index (χ1n) is 6.42. The van der Waals surface area contributed by atoms with Crippen LogP contribution in [0.3, 0.4) is 0 Å². The van der Waals surface area contributed by atoms with E-state index in [2.05, 4.69) is 15.5 Å². The molecule has 1 aromatic carbocycles. The molecule has 0 unspecified atom stereocenters. The van der Waals surface area contributed by atoms with Crippen molar-refractivity contribution in [3.63, 3.8) is 0 Å². The number of H-pyrrole nitrogens is 1. The Morgan fingerprint density at radius 2 is 2.19 bits per heavy atom. The van der Waals surface area contributed by atoms with Gasteiger partial charge >= 0.3 is 0 Å². The first-order valence-corrected chi connectivity index (χ1v) is 6.42. The molecule has 1 heterocycles. The Labute approximate surface area is 121 Å². The van der Waals surface area contributed by atoms with Gasteiger partial charge in [-0.2, -0.15) is 5.10 Å². The summed E-state index contributed by atoms with van der Waals surface area (Å²) in [6.45, 7) is 3.88. The third-order valence-corrected chi connectivity index (χ3v) is 3.04. The number of nitrogen functional groups attached to an aromatic ring is 1. The normalized spacial score (nSPS) is 10.7. The van der Waals surface area contributed by atoms with E-state index in [-0.39, 0.29) is 17.4 Å². The molecule has 21 heavy (non-hydrogen) atoms.